The van der Waals surface area contributed by atoms with Crippen LogP contribution in [0.15, 0.2) is 48.5 Å². The molecule has 0 heterocycles. The van der Waals surface area contributed by atoms with Crippen LogP contribution in [-0.2, 0) is 16.1 Å². The summed E-state index contributed by atoms with van der Waals surface area (Å²) in [4.78, 5) is 22.0. The van der Waals surface area contributed by atoms with Crippen LogP contribution in [0.5, 0.6) is 11.5 Å². The van der Waals surface area contributed by atoms with Gasteiger partial charge in [-0.15, -0.1) is 0 Å². The Morgan fingerprint density at radius 1 is 1.09 bits per heavy atom. The summed E-state index contributed by atoms with van der Waals surface area (Å²) < 4.78 is 15.3. The first-order chi connectivity index (χ1) is 11.1. The third kappa shape index (κ3) is 4.70. The zero-order valence-electron chi connectivity index (χ0n) is 12.4. The normalized spacial score (nSPS) is 9.96. The van der Waals surface area contributed by atoms with E-state index in [2.05, 4.69) is 0 Å². The van der Waals surface area contributed by atoms with Crippen molar-refractivity contribution < 1.29 is 23.9 Å². The number of nitro groups is 1. The number of nitrogens with zero attached hydrogens (tertiary/aromatic N) is 1. The molecule has 0 radical (unpaired) electrons. The SMILES string of the molecule is COc1ccc(OCC(=O)OCc2ccccc2[N+](=O)[O-])cc1. The lowest BCUT2D eigenvalue weighted by molar-refractivity contribution is -0.385. The van der Waals surface area contributed by atoms with Gasteiger partial charge in [-0.05, 0) is 30.3 Å². The monoisotopic (exact) mass is 317 g/mol. The number of hydrogen-bond donors (Lipinski definition) is 0. The predicted molar refractivity (Wildman–Crippen MR) is 81.4 cm³/mol. The van der Waals surface area contributed by atoms with Crippen LogP contribution in [0.2, 0.25) is 0 Å². The van der Waals surface area contributed by atoms with Crippen LogP contribution in [0.25, 0.3) is 0 Å². The average molecular weight is 317 g/mol. The Hall–Kier alpha value is -3.09. The van der Waals surface area contributed by atoms with Crippen molar-refractivity contribution in [2.24, 2.45) is 0 Å². The molecule has 0 fully saturated rings. The molecule has 0 N–H and O–H groups in total. The van der Waals surface area contributed by atoms with Gasteiger partial charge < -0.3 is 14.2 Å². The quantitative estimate of drug-likeness (QED) is 0.443. The van der Waals surface area contributed by atoms with Crippen molar-refractivity contribution in [3.63, 3.8) is 0 Å². The molecular weight excluding hydrogens is 302 g/mol. The molecule has 0 saturated carbocycles. The molecule has 23 heavy (non-hydrogen) atoms. The highest BCUT2D eigenvalue weighted by molar-refractivity contribution is 5.71. The minimum atomic E-state index is -0.612. The number of hydrogen-bond acceptors (Lipinski definition) is 6. The van der Waals surface area contributed by atoms with Crippen LogP contribution in [0, 0.1) is 10.1 Å². The summed E-state index contributed by atoms with van der Waals surface area (Å²) in [5.74, 6) is 0.559. The van der Waals surface area contributed by atoms with Crippen LogP contribution < -0.4 is 9.47 Å². The Morgan fingerprint density at radius 3 is 2.39 bits per heavy atom. The maximum Gasteiger partial charge on any atom is 0.344 e. The number of carbonyl (C=O) groups is 1. The van der Waals surface area contributed by atoms with Crippen LogP contribution >= 0.6 is 0 Å². The molecule has 0 amide bonds. The first kappa shape index (κ1) is 16.3. The van der Waals surface area contributed by atoms with Gasteiger partial charge in [-0.1, -0.05) is 12.1 Å². The Bertz CT molecular complexity index is 683. The zero-order chi connectivity index (χ0) is 16.7. The van der Waals surface area contributed by atoms with Crippen LogP contribution in [0.3, 0.4) is 0 Å². The number of esters is 1. The van der Waals surface area contributed by atoms with E-state index in [9.17, 15) is 14.9 Å². The summed E-state index contributed by atoms with van der Waals surface area (Å²) in [6.07, 6.45) is 0. The summed E-state index contributed by atoms with van der Waals surface area (Å²) in [7, 11) is 1.55. The Morgan fingerprint density at radius 2 is 1.74 bits per heavy atom. The average Bonchev–Trinajstić information content (AvgIpc) is 2.58. The van der Waals surface area contributed by atoms with E-state index in [-0.39, 0.29) is 18.9 Å². The van der Waals surface area contributed by atoms with Crippen molar-refractivity contribution in [3.8, 4) is 11.5 Å². The molecule has 7 heteroatoms. The van der Waals surface area contributed by atoms with Gasteiger partial charge in [0.2, 0.25) is 0 Å². The van der Waals surface area contributed by atoms with E-state index in [0.29, 0.717) is 17.1 Å². The van der Waals surface area contributed by atoms with Crippen molar-refractivity contribution in [1.29, 1.82) is 0 Å². The fourth-order valence-corrected chi connectivity index (χ4v) is 1.83. The summed E-state index contributed by atoms with van der Waals surface area (Å²) in [6.45, 7) is -0.463. The second-order valence-electron chi connectivity index (χ2n) is 4.51. The molecule has 0 saturated heterocycles. The van der Waals surface area contributed by atoms with E-state index >= 15 is 0 Å². The third-order valence-electron chi connectivity index (χ3n) is 2.99. The molecule has 2 aromatic rings. The minimum Gasteiger partial charge on any atom is -0.497 e. The van der Waals surface area contributed by atoms with Gasteiger partial charge in [0.15, 0.2) is 6.61 Å². The lowest BCUT2D eigenvalue weighted by atomic mass is 10.2. The molecular formula is C16H15NO6. The standard InChI is InChI=1S/C16H15NO6/c1-21-13-6-8-14(9-7-13)22-11-16(18)23-10-12-4-2-3-5-15(12)17(19)20/h2-9H,10-11H2,1H3. The fraction of sp³-hybridized carbons (Fsp3) is 0.188. The van der Waals surface area contributed by atoms with E-state index in [4.69, 9.17) is 14.2 Å². The minimum absolute atomic E-state index is 0.0867. The molecule has 0 aliphatic carbocycles. The van der Waals surface area contributed by atoms with Gasteiger partial charge in [-0.3, -0.25) is 10.1 Å². The van der Waals surface area contributed by atoms with Gasteiger partial charge in [-0.2, -0.15) is 0 Å². The molecule has 0 spiro atoms. The third-order valence-corrected chi connectivity index (χ3v) is 2.99. The van der Waals surface area contributed by atoms with Crippen molar-refractivity contribution in [3.05, 3.63) is 64.2 Å². The highest BCUT2D eigenvalue weighted by Gasteiger charge is 2.14. The van der Waals surface area contributed by atoms with Gasteiger partial charge >= 0.3 is 5.97 Å². The highest BCUT2D eigenvalue weighted by atomic mass is 16.6. The first-order valence-electron chi connectivity index (χ1n) is 6.75. The molecule has 0 atom stereocenters. The summed E-state index contributed by atoms with van der Waals surface area (Å²) in [5, 5.41) is 10.9. The lowest BCUT2D eigenvalue weighted by Crippen LogP contribution is -2.15. The molecule has 0 unspecified atom stereocenters. The number of methoxy groups -OCH3 is 1. The van der Waals surface area contributed by atoms with Crippen molar-refractivity contribution in [1.82, 2.24) is 0 Å². The van der Waals surface area contributed by atoms with E-state index in [1.54, 1.807) is 43.5 Å². The Balaban J connectivity index is 1.84. The molecule has 0 bridgehead atoms. The predicted octanol–water partition coefficient (Wildman–Crippen LogP) is 2.73. The number of rotatable bonds is 7. The van der Waals surface area contributed by atoms with Gasteiger partial charge in [0.05, 0.1) is 17.6 Å². The first-order valence-corrected chi connectivity index (χ1v) is 6.75. The number of ether oxygens (including phenoxy) is 3. The largest absolute Gasteiger partial charge is 0.497 e. The van der Waals surface area contributed by atoms with Crippen molar-refractivity contribution in [2.75, 3.05) is 13.7 Å². The second-order valence-corrected chi connectivity index (χ2v) is 4.51. The van der Waals surface area contributed by atoms with E-state index in [1.165, 1.54) is 12.1 Å². The van der Waals surface area contributed by atoms with Crippen molar-refractivity contribution >= 4 is 11.7 Å². The highest BCUT2D eigenvalue weighted by Crippen LogP contribution is 2.19. The molecule has 0 aliphatic heterocycles. The Labute approximate surface area is 132 Å². The number of carbonyl (C=O) groups excluding carboxylic acids is 1. The van der Waals surface area contributed by atoms with E-state index < -0.39 is 10.9 Å². The molecule has 2 rings (SSSR count). The van der Waals surface area contributed by atoms with Crippen LogP contribution in [0.4, 0.5) is 5.69 Å². The van der Waals surface area contributed by atoms with E-state index in [1.807, 2.05) is 0 Å². The Kier molecular flexibility index (Phi) is 5.51. The van der Waals surface area contributed by atoms with Gasteiger partial charge in [0.25, 0.3) is 5.69 Å². The molecule has 2 aromatic carbocycles. The zero-order valence-corrected chi connectivity index (χ0v) is 12.4. The summed E-state index contributed by atoms with van der Waals surface area (Å²) in [5.41, 5.74) is 0.242. The fourth-order valence-electron chi connectivity index (χ4n) is 1.83. The smallest absolute Gasteiger partial charge is 0.344 e. The second kappa shape index (κ2) is 7.79. The lowest BCUT2D eigenvalue weighted by Gasteiger charge is -2.08. The van der Waals surface area contributed by atoms with Gasteiger partial charge in [-0.25, -0.2) is 4.79 Å². The number of benzene rings is 2. The van der Waals surface area contributed by atoms with Gasteiger partial charge in [0.1, 0.15) is 18.1 Å². The molecule has 0 aliphatic rings. The van der Waals surface area contributed by atoms with E-state index in [0.717, 1.165) is 0 Å². The number of para-hydroxylation sites is 1. The topological polar surface area (TPSA) is 87.9 Å². The molecule has 7 nitrogen and oxygen atoms in total. The summed E-state index contributed by atoms with van der Waals surface area (Å²) in [6, 6.07) is 12.8. The summed E-state index contributed by atoms with van der Waals surface area (Å²) >= 11 is 0. The maximum atomic E-state index is 11.7. The maximum absolute atomic E-state index is 11.7. The van der Waals surface area contributed by atoms with Gasteiger partial charge in [0, 0.05) is 6.07 Å². The number of nitro benzene ring substituents is 1. The van der Waals surface area contributed by atoms with Crippen LogP contribution in [-0.4, -0.2) is 24.6 Å². The molecule has 0 aromatic heterocycles. The van der Waals surface area contributed by atoms with Crippen molar-refractivity contribution in [2.45, 2.75) is 6.61 Å². The molecule has 120 valence electrons. The van der Waals surface area contributed by atoms with Crippen LogP contribution in [0.1, 0.15) is 5.56 Å².